The Kier molecular flexibility index (Phi) is 7.11. The van der Waals surface area contributed by atoms with Crippen LogP contribution in [-0.2, 0) is 4.57 Å². The van der Waals surface area contributed by atoms with Gasteiger partial charge in [-0.2, -0.15) is 0 Å². The van der Waals surface area contributed by atoms with Gasteiger partial charge in [0.1, 0.15) is 7.14 Å². The summed E-state index contributed by atoms with van der Waals surface area (Å²) in [4.78, 5) is 0. The smallest absolute Gasteiger partial charge is 0.116 e. The lowest BCUT2D eigenvalue weighted by Gasteiger charge is -2.24. The Bertz CT molecular complexity index is 1820. The summed E-state index contributed by atoms with van der Waals surface area (Å²) in [5.74, 6) is 0.771. The lowest BCUT2D eigenvalue weighted by atomic mass is 9.85. The Morgan fingerprint density at radius 3 is 1.50 bits per heavy atom. The summed E-state index contributed by atoms with van der Waals surface area (Å²) < 4.78 is 14.5. The largest absolute Gasteiger partial charge is 0.319 e. The van der Waals surface area contributed by atoms with Crippen LogP contribution in [0.2, 0.25) is 0 Å². The Hall–Kier alpha value is -3.67. The van der Waals surface area contributed by atoms with Crippen molar-refractivity contribution in [2.45, 2.75) is 27.7 Å². The van der Waals surface area contributed by atoms with Gasteiger partial charge in [0.25, 0.3) is 0 Å². The maximum atomic E-state index is 14.5. The zero-order valence-electron chi connectivity index (χ0n) is 23.9. The van der Waals surface area contributed by atoms with Crippen molar-refractivity contribution in [3.63, 3.8) is 0 Å². The van der Waals surface area contributed by atoms with Gasteiger partial charge in [-0.25, -0.2) is 0 Å². The molecule has 0 atom stereocenters. The number of rotatable bonds is 7. The normalized spacial score (nSPS) is 12.2. The van der Waals surface area contributed by atoms with E-state index in [1.165, 1.54) is 49.0 Å². The van der Waals surface area contributed by atoms with Crippen molar-refractivity contribution in [3.05, 3.63) is 115 Å². The predicted octanol–water partition coefficient (Wildman–Crippen LogP) is 10.8. The third-order valence-electron chi connectivity index (χ3n) is 7.90. The van der Waals surface area contributed by atoms with E-state index in [4.69, 9.17) is 0 Å². The molecule has 1 nitrogen and oxygen atoms in total. The molecule has 40 heavy (non-hydrogen) atoms. The zero-order chi connectivity index (χ0) is 27.9. The molecule has 0 N–H and O–H groups in total. The van der Waals surface area contributed by atoms with Gasteiger partial charge < -0.3 is 4.57 Å². The first kappa shape index (κ1) is 26.5. The highest BCUT2D eigenvalue weighted by atomic mass is 31.2. The van der Waals surface area contributed by atoms with Crippen molar-refractivity contribution in [2.75, 3.05) is 12.3 Å². The van der Waals surface area contributed by atoms with Gasteiger partial charge in [0.2, 0.25) is 0 Å². The molecular weight excluding hydrogens is 503 g/mol. The van der Waals surface area contributed by atoms with E-state index in [1.807, 2.05) is 0 Å². The molecule has 0 heterocycles. The second-order valence-electron chi connectivity index (χ2n) is 12.0. The highest BCUT2D eigenvalue weighted by Crippen LogP contribution is 2.49. The Balaban J connectivity index is 1.63. The number of benzene rings is 6. The Morgan fingerprint density at radius 2 is 0.975 bits per heavy atom. The molecule has 0 bridgehead atoms. The summed E-state index contributed by atoms with van der Waals surface area (Å²) in [6.45, 7) is 8.74. The molecule has 6 rings (SSSR count). The first-order valence-corrected chi connectivity index (χ1v) is 16.5. The monoisotopic (exact) mass is 540 g/mol. The summed E-state index contributed by atoms with van der Waals surface area (Å²) in [5, 5.41) is 8.44. The summed E-state index contributed by atoms with van der Waals surface area (Å²) >= 11 is 0. The predicted molar refractivity (Wildman–Crippen MR) is 176 cm³/mol. The van der Waals surface area contributed by atoms with Gasteiger partial charge in [-0.1, -0.05) is 131 Å². The first-order valence-electron chi connectivity index (χ1n) is 14.5. The molecule has 6 aromatic carbocycles. The Labute approximate surface area is 238 Å². The van der Waals surface area contributed by atoms with E-state index in [0.29, 0.717) is 11.8 Å². The van der Waals surface area contributed by atoms with Crippen LogP contribution in [0, 0.1) is 11.8 Å². The van der Waals surface area contributed by atoms with Gasteiger partial charge in [0.05, 0.1) is 0 Å². The van der Waals surface area contributed by atoms with Gasteiger partial charge in [-0.3, -0.25) is 0 Å². The van der Waals surface area contributed by atoms with E-state index in [0.717, 1.165) is 23.2 Å². The fourth-order valence-corrected chi connectivity index (χ4v) is 10.1. The van der Waals surface area contributed by atoms with Crippen LogP contribution >= 0.6 is 7.14 Å². The standard InChI is InChI=1S/C38H37OP/c1-26(2)24-40(39,25-27(3)4)32-15-11-14-30(23-32)37-33-16-7-9-18-35(33)38(36-19-10-8-17-34(36)37)31-21-20-28-12-5-6-13-29(28)22-31/h5-23,26-27H,24-25H2,1-4H3. The number of hydrogen-bond donors (Lipinski definition) is 0. The Morgan fingerprint density at radius 1 is 0.500 bits per heavy atom. The van der Waals surface area contributed by atoms with Gasteiger partial charge >= 0.3 is 0 Å². The highest BCUT2D eigenvalue weighted by molar-refractivity contribution is 7.71. The SMILES string of the molecule is CC(C)CP(=O)(CC(C)C)c1cccc(-c2c3ccccc3c(-c3ccc4ccccc4c3)c3ccccc23)c1. The molecule has 0 aliphatic rings. The lowest BCUT2D eigenvalue weighted by Crippen LogP contribution is -2.16. The number of fused-ring (bicyclic) bond motifs is 3. The summed E-state index contributed by atoms with van der Waals surface area (Å²) in [7, 11) is -2.53. The number of hydrogen-bond acceptors (Lipinski definition) is 1. The average molecular weight is 541 g/mol. The average Bonchev–Trinajstić information content (AvgIpc) is 2.95. The molecule has 0 aliphatic carbocycles. The van der Waals surface area contributed by atoms with Crippen molar-refractivity contribution in [1.29, 1.82) is 0 Å². The fourth-order valence-electron chi connectivity index (χ4n) is 6.48. The minimum atomic E-state index is -2.53. The first-order chi connectivity index (χ1) is 19.3. The van der Waals surface area contributed by atoms with Crippen LogP contribution in [-0.4, -0.2) is 12.3 Å². The molecule has 0 spiro atoms. The fraction of sp³-hybridized carbons (Fsp3) is 0.211. The second kappa shape index (κ2) is 10.7. The second-order valence-corrected chi connectivity index (χ2v) is 15.0. The third-order valence-corrected chi connectivity index (χ3v) is 11.8. The van der Waals surface area contributed by atoms with Crippen molar-refractivity contribution < 1.29 is 4.57 Å². The van der Waals surface area contributed by atoms with Gasteiger partial charge in [0, 0.05) is 17.6 Å². The summed E-state index contributed by atoms with van der Waals surface area (Å²) in [5.41, 5.74) is 4.85. The van der Waals surface area contributed by atoms with Crippen LogP contribution < -0.4 is 5.30 Å². The molecule has 0 aromatic heterocycles. The third kappa shape index (κ3) is 4.89. The van der Waals surface area contributed by atoms with Gasteiger partial charge in [-0.05, 0) is 78.5 Å². The minimum absolute atomic E-state index is 0.385. The molecule has 0 radical (unpaired) electrons. The molecular formula is C38H37OP. The van der Waals surface area contributed by atoms with Crippen LogP contribution in [0.1, 0.15) is 27.7 Å². The van der Waals surface area contributed by atoms with E-state index >= 15 is 0 Å². The lowest BCUT2D eigenvalue weighted by molar-refractivity contribution is 0.563. The molecule has 0 amide bonds. The van der Waals surface area contributed by atoms with E-state index in [-0.39, 0.29) is 0 Å². The van der Waals surface area contributed by atoms with Crippen LogP contribution in [0.25, 0.3) is 54.6 Å². The van der Waals surface area contributed by atoms with Crippen LogP contribution in [0.15, 0.2) is 115 Å². The maximum absolute atomic E-state index is 14.5. The van der Waals surface area contributed by atoms with Crippen molar-refractivity contribution in [1.82, 2.24) is 0 Å². The molecule has 0 unspecified atom stereocenters. The van der Waals surface area contributed by atoms with Gasteiger partial charge in [0.15, 0.2) is 0 Å². The van der Waals surface area contributed by atoms with Crippen LogP contribution in [0.3, 0.4) is 0 Å². The zero-order valence-corrected chi connectivity index (χ0v) is 24.8. The molecule has 0 saturated carbocycles. The van der Waals surface area contributed by atoms with E-state index in [2.05, 4.69) is 143 Å². The van der Waals surface area contributed by atoms with Gasteiger partial charge in [-0.15, -0.1) is 0 Å². The van der Waals surface area contributed by atoms with Crippen LogP contribution in [0.4, 0.5) is 0 Å². The van der Waals surface area contributed by atoms with Crippen molar-refractivity contribution in [2.24, 2.45) is 11.8 Å². The van der Waals surface area contributed by atoms with E-state index in [9.17, 15) is 4.57 Å². The maximum Gasteiger partial charge on any atom is 0.116 e. The molecule has 0 saturated heterocycles. The van der Waals surface area contributed by atoms with E-state index < -0.39 is 7.14 Å². The molecule has 0 fully saturated rings. The van der Waals surface area contributed by atoms with Crippen molar-refractivity contribution in [3.8, 4) is 22.3 Å². The van der Waals surface area contributed by atoms with Crippen molar-refractivity contribution >= 4 is 44.8 Å². The molecule has 0 aliphatic heterocycles. The minimum Gasteiger partial charge on any atom is -0.319 e. The van der Waals surface area contributed by atoms with E-state index in [1.54, 1.807) is 0 Å². The summed E-state index contributed by atoms with van der Waals surface area (Å²) in [6.07, 6.45) is 1.49. The molecule has 6 aromatic rings. The topological polar surface area (TPSA) is 17.1 Å². The highest BCUT2D eigenvalue weighted by Gasteiger charge is 2.28. The molecule has 2 heteroatoms. The molecule has 200 valence electrons. The van der Waals surface area contributed by atoms with Crippen LogP contribution in [0.5, 0.6) is 0 Å². The summed E-state index contributed by atoms with van der Waals surface area (Å²) in [6, 6.07) is 41.5. The quantitative estimate of drug-likeness (QED) is 0.145.